The summed E-state index contributed by atoms with van der Waals surface area (Å²) in [5, 5.41) is 9.07. The highest BCUT2D eigenvalue weighted by Crippen LogP contribution is 2.35. The first kappa shape index (κ1) is 18.3. The van der Waals surface area contributed by atoms with Crippen LogP contribution in [0.4, 0.5) is 0 Å². The fourth-order valence-corrected chi connectivity index (χ4v) is 4.44. The molecule has 1 aromatic rings. The molecule has 0 radical (unpaired) electrons. The van der Waals surface area contributed by atoms with Crippen molar-refractivity contribution in [2.45, 2.75) is 57.2 Å². The Morgan fingerprint density at radius 2 is 1.81 bits per heavy atom. The summed E-state index contributed by atoms with van der Waals surface area (Å²) in [6.45, 7) is 8.38. The van der Waals surface area contributed by atoms with Crippen molar-refractivity contribution in [1.29, 1.82) is 0 Å². The van der Waals surface area contributed by atoms with Gasteiger partial charge in [-0.1, -0.05) is 6.42 Å². The standard InChI is InChI=1S/C19H34N6O/c1-26-10-9-25-18(21-22-19(25)16-11-17(20)12-16)14-24-7-5-23(6-8-24)13-15-3-2-4-15/h15-17H,2-14,20H2,1H3. The third-order valence-electron chi connectivity index (χ3n) is 6.49. The molecular formula is C19H34N6O. The highest BCUT2D eigenvalue weighted by Gasteiger charge is 2.32. The Bertz CT molecular complexity index is 573. The van der Waals surface area contributed by atoms with Gasteiger partial charge in [-0.3, -0.25) is 4.90 Å². The van der Waals surface area contributed by atoms with E-state index in [9.17, 15) is 0 Å². The van der Waals surface area contributed by atoms with E-state index in [1.807, 2.05) is 0 Å². The molecular weight excluding hydrogens is 328 g/mol. The molecule has 0 bridgehead atoms. The first-order valence-electron chi connectivity index (χ1n) is 10.3. The van der Waals surface area contributed by atoms with Crippen molar-refractivity contribution in [2.24, 2.45) is 11.7 Å². The minimum atomic E-state index is 0.333. The van der Waals surface area contributed by atoms with E-state index in [-0.39, 0.29) is 0 Å². The van der Waals surface area contributed by atoms with Crippen LogP contribution in [0.25, 0.3) is 0 Å². The van der Waals surface area contributed by atoms with Crippen LogP contribution in [0.1, 0.15) is 49.7 Å². The van der Waals surface area contributed by atoms with Crippen molar-refractivity contribution >= 4 is 0 Å². The van der Waals surface area contributed by atoms with Gasteiger partial charge in [0.15, 0.2) is 0 Å². The van der Waals surface area contributed by atoms with Crippen LogP contribution in [-0.4, -0.2) is 77.0 Å². The van der Waals surface area contributed by atoms with Gasteiger partial charge in [-0.15, -0.1) is 10.2 Å². The molecule has 3 aliphatic rings. The van der Waals surface area contributed by atoms with Gasteiger partial charge in [-0.05, 0) is 31.6 Å². The summed E-state index contributed by atoms with van der Waals surface area (Å²) in [5.74, 6) is 3.64. The Labute approximate surface area is 156 Å². The minimum Gasteiger partial charge on any atom is -0.383 e. The summed E-state index contributed by atoms with van der Waals surface area (Å²) in [4.78, 5) is 5.18. The number of nitrogens with zero attached hydrogens (tertiary/aromatic N) is 5. The fraction of sp³-hybridized carbons (Fsp3) is 0.895. The van der Waals surface area contributed by atoms with E-state index in [1.165, 1.54) is 38.9 Å². The lowest BCUT2D eigenvalue weighted by Crippen LogP contribution is -2.48. The number of hydrogen-bond acceptors (Lipinski definition) is 6. The maximum Gasteiger partial charge on any atom is 0.147 e. The Morgan fingerprint density at radius 1 is 1.08 bits per heavy atom. The Morgan fingerprint density at radius 3 is 2.42 bits per heavy atom. The van der Waals surface area contributed by atoms with Gasteiger partial charge < -0.3 is 19.9 Å². The van der Waals surface area contributed by atoms with Gasteiger partial charge in [0, 0.05) is 58.3 Å². The number of piperazine rings is 1. The highest BCUT2D eigenvalue weighted by atomic mass is 16.5. The third kappa shape index (κ3) is 4.11. The molecule has 2 heterocycles. The maximum absolute atomic E-state index is 5.98. The van der Waals surface area contributed by atoms with Gasteiger partial charge in [0.05, 0.1) is 13.2 Å². The van der Waals surface area contributed by atoms with E-state index < -0.39 is 0 Å². The van der Waals surface area contributed by atoms with Gasteiger partial charge in [-0.2, -0.15) is 0 Å². The van der Waals surface area contributed by atoms with E-state index in [1.54, 1.807) is 7.11 Å². The number of hydrogen-bond donors (Lipinski definition) is 1. The molecule has 1 aromatic heterocycles. The first-order chi connectivity index (χ1) is 12.7. The molecule has 7 heteroatoms. The molecule has 2 saturated carbocycles. The van der Waals surface area contributed by atoms with Crippen LogP contribution in [0.3, 0.4) is 0 Å². The summed E-state index contributed by atoms with van der Waals surface area (Å²) < 4.78 is 7.61. The second-order valence-electron chi connectivity index (χ2n) is 8.42. The second-order valence-corrected chi connectivity index (χ2v) is 8.42. The largest absolute Gasteiger partial charge is 0.383 e. The van der Waals surface area contributed by atoms with Gasteiger partial charge >= 0.3 is 0 Å². The number of nitrogens with two attached hydrogens (primary N) is 1. The topological polar surface area (TPSA) is 72.4 Å². The predicted octanol–water partition coefficient (Wildman–Crippen LogP) is 1.05. The molecule has 2 aliphatic carbocycles. The molecule has 2 N–H and O–H groups in total. The average Bonchev–Trinajstić information content (AvgIpc) is 2.97. The Hall–Kier alpha value is -1.02. The van der Waals surface area contributed by atoms with E-state index in [4.69, 9.17) is 10.5 Å². The lowest BCUT2D eigenvalue weighted by Gasteiger charge is -2.38. The lowest BCUT2D eigenvalue weighted by molar-refractivity contribution is 0.0939. The van der Waals surface area contributed by atoms with Crippen LogP contribution < -0.4 is 5.73 Å². The number of aromatic nitrogens is 3. The van der Waals surface area contributed by atoms with Crippen molar-refractivity contribution in [2.75, 3.05) is 46.4 Å². The summed E-state index contributed by atoms with van der Waals surface area (Å²) in [6.07, 6.45) is 6.39. The van der Waals surface area contributed by atoms with E-state index >= 15 is 0 Å². The van der Waals surface area contributed by atoms with Gasteiger partial charge in [0.2, 0.25) is 0 Å². The van der Waals surface area contributed by atoms with Gasteiger partial charge in [0.25, 0.3) is 0 Å². The first-order valence-corrected chi connectivity index (χ1v) is 10.3. The number of rotatable bonds is 8. The molecule has 0 amide bonds. The molecule has 3 fully saturated rings. The van der Waals surface area contributed by atoms with Crippen molar-refractivity contribution < 1.29 is 4.74 Å². The molecule has 1 saturated heterocycles. The number of methoxy groups -OCH3 is 1. The van der Waals surface area contributed by atoms with Crippen molar-refractivity contribution in [3.63, 3.8) is 0 Å². The summed E-state index contributed by atoms with van der Waals surface area (Å²) in [5.41, 5.74) is 5.98. The molecule has 26 heavy (non-hydrogen) atoms. The minimum absolute atomic E-state index is 0.333. The average molecular weight is 363 g/mol. The van der Waals surface area contributed by atoms with E-state index in [0.717, 1.165) is 56.6 Å². The second kappa shape index (κ2) is 8.33. The molecule has 146 valence electrons. The predicted molar refractivity (Wildman–Crippen MR) is 101 cm³/mol. The van der Waals surface area contributed by atoms with Crippen molar-refractivity contribution in [3.8, 4) is 0 Å². The smallest absolute Gasteiger partial charge is 0.147 e. The summed E-state index contributed by atoms with van der Waals surface area (Å²) in [6, 6.07) is 0.333. The third-order valence-corrected chi connectivity index (χ3v) is 6.49. The molecule has 0 atom stereocenters. The number of ether oxygens (including phenoxy) is 1. The van der Waals surface area contributed by atoms with Crippen LogP contribution in [0, 0.1) is 5.92 Å². The molecule has 0 spiro atoms. The Kier molecular flexibility index (Phi) is 5.88. The monoisotopic (exact) mass is 362 g/mol. The van der Waals surface area contributed by atoms with Gasteiger partial charge in [-0.25, -0.2) is 0 Å². The van der Waals surface area contributed by atoms with Crippen LogP contribution in [0.2, 0.25) is 0 Å². The zero-order valence-corrected chi connectivity index (χ0v) is 16.1. The van der Waals surface area contributed by atoms with Crippen LogP contribution in [0.5, 0.6) is 0 Å². The molecule has 4 rings (SSSR count). The van der Waals surface area contributed by atoms with Crippen LogP contribution in [0.15, 0.2) is 0 Å². The molecule has 7 nitrogen and oxygen atoms in total. The van der Waals surface area contributed by atoms with Crippen molar-refractivity contribution in [1.82, 2.24) is 24.6 Å². The fourth-order valence-electron chi connectivity index (χ4n) is 4.44. The molecule has 0 aromatic carbocycles. The summed E-state index contributed by atoms with van der Waals surface area (Å²) in [7, 11) is 1.75. The van der Waals surface area contributed by atoms with Crippen molar-refractivity contribution in [3.05, 3.63) is 11.6 Å². The molecule has 0 unspecified atom stereocenters. The Balaban J connectivity index is 1.33. The maximum atomic E-state index is 5.98. The highest BCUT2D eigenvalue weighted by molar-refractivity contribution is 5.09. The quantitative estimate of drug-likeness (QED) is 0.745. The van der Waals surface area contributed by atoms with Crippen LogP contribution >= 0.6 is 0 Å². The normalized spacial score (nSPS) is 28.1. The SMILES string of the molecule is COCCn1c(CN2CCN(CC3CCC3)CC2)nnc1C1CC(N)C1. The van der Waals surface area contributed by atoms with Gasteiger partial charge in [0.1, 0.15) is 11.6 Å². The molecule has 1 aliphatic heterocycles. The van der Waals surface area contributed by atoms with E-state index in [2.05, 4.69) is 24.6 Å². The zero-order chi connectivity index (χ0) is 17.9. The van der Waals surface area contributed by atoms with Crippen LogP contribution in [-0.2, 0) is 17.8 Å². The lowest BCUT2D eigenvalue weighted by atomic mass is 9.80. The summed E-state index contributed by atoms with van der Waals surface area (Å²) >= 11 is 0. The zero-order valence-electron chi connectivity index (χ0n) is 16.1. The van der Waals surface area contributed by atoms with E-state index in [0.29, 0.717) is 18.6 Å².